The van der Waals surface area contributed by atoms with Gasteiger partial charge in [0.2, 0.25) is 0 Å². The van der Waals surface area contributed by atoms with Gasteiger partial charge >= 0.3 is 7.25 Å². The van der Waals surface area contributed by atoms with Gasteiger partial charge in [-0.25, -0.2) is 9.13 Å². The number of aromatic nitrogens is 2. The van der Waals surface area contributed by atoms with E-state index in [1.165, 1.54) is 37.9 Å². The normalized spacial score (nSPS) is 11.6. The molecule has 0 saturated carbocycles. The fourth-order valence-electron chi connectivity index (χ4n) is 2.16. The van der Waals surface area contributed by atoms with E-state index in [0.717, 1.165) is 13.0 Å². The average Bonchev–Trinajstić information content (AvgIpc) is 2.82. The number of unbranched alkanes of at least 4 members (excludes halogenated alkanes) is 4. The molecule has 1 aromatic heterocycles. The lowest BCUT2D eigenvalue weighted by atomic mass is 10.1. The Balaban J connectivity index is 0.000000763. The monoisotopic (exact) mass is 322 g/mol. The van der Waals surface area contributed by atoms with Crippen molar-refractivity contribution in [3.8, 4) is 0 Å². The molecule has 0 radical (unpaired) electrons. The maximum absolute atomic E-state index is 9.75. The maximum Gasteiger partial charge on any atom is 0.673 e. The summed E-state index contributed by atoms with van der Waals surface area (Å²) in [4.78, 5) is 0. The van der Waals surface area contributed by atoms with E-state index in [-0.39, 0.29) is 0 Å². The zero-order valence-corrected chi connectivity index (χ0v) is 13.7. The van der Waals surface area contributed by atoms with Crippen molar-refractivity contribution in [2.75, 3.05) is 0 Å². The van der Waals surface area contributed by atoms with Gasteiger partial charge in [0.1, 0.15) is 12.4 Å². The zero-order chi connectivity index (χ0) is 17.0. The molecule has 0 bridgehead atoms. The van der Waals surface area contributed by atoms with E-state index in [9.17, 15) is 17.3 Å². The SMILES string of the molecule is CCCCCCC=Cn1cc[n+](CC)c1CC.F[B-](F)(F)F. The minimum absolute atomic E-state index is 1.06. The number of aryl methyl sites for hydroxylation is 1. The van der Waals surface area contributed by atoms with E-state index < -0.39 is 7.25 Å². The van der Waals surface area contributed by atoms with Gasteiger partial charge in [0, 0.05) is 6.42 Å². The van der Waals surface area contributed by atoms with E-state index >= 15 is 0 Å². The van der Waals surface area contributed by atoms with Crippen molar-refractivity contribution < 1.29 is 21.8 Å². The van der Waals surface area contributed by atoms with Crippen LogP contribution in [-0.2, 0) is 13.0 Å². The van der Waals surface area contributed by atoms with Crippen molar-refractivity contribution >= 4 is 13.5 Å². The highest BCUT2D eigenvalue weighted by Gasteiger charge is 2.20. The molecule has 7 heteroatoms. The van der Waals surface area contributed by atoms with Crippen LogP contribution in [0.25, 0.3) is 6.20 Å². The molecule has 0 fully saturated rings. The number of nitrogens with zero attached hydrogens (tertiary/aromatic N) is 2. The molecule has 0 aromatic carbocycles. The van der Waals surface area contributed by atoms with E-state index in [1.807, 2.05) is 0 Å². The first-order valence-electron chi connectivity index (χ1n) is 7.96. The van der Waals surface area contributed by atoms with Crippen LogP contribution < -0.4 is 4.57 Å². The Morgan fingerprint density at radius 3 is 2.23 bits per heavy atom. The highest BCUT2D eigenvalue weighted by atomic mass is 19.5. The molecule has 128 valence electrons. The van der Waals surface area contributed by atoms with Gasteiger partial charge in [0.25, 0.3) is 5.82 Å². The summed E-state index contributed by atoms with van der Waals surface area (Å²) in [7, 11) is -6.00. The fraction of sp³-hybridized carbons (Fsp3) is 0.667. The van der Waals surface area contributed by atoms with Crippen molar-refractivity contribution in [3.05, 3.63) is 24.3 Å². The van der Waals surface area contributed by atoms with Crippen LogP contribution >= 0.6 is 0 Å². The molecule has 0 aliphatic carbocycles. The predicted octanol–water partition coefficient (Wildman–Crippen LogP) is 5.10. The summed E-state index contributed by atoms with van der Waals surface area (Å²) in [5.41, 5.74) is 0. The van der Waals surface area contributed by atoms with E-state index in [0.29, 0.717) is 0 Å². The molecular weight excluding hydrogens is 295 g/mol. The van der Waals surface area contributed by atoms with E-state index in [4.69, 9.17) is 0 Å². The predicted molar refractivity (Wildman–Crippen MR) is 84.0 cm³/mol. The third kappa shape index (κ3) is 10.5. The maximum atomic E-state index is 9.75. The summed E-state index contributed by atoms with van der Waals surface area (Å²) in [6.45, 7) is 7.72. The third-order valence-corrected chi connectivity index (χ3v) is 3.18. The largest absolute Gasteiger partial charge is 0.673 e. The molecule has 0 spiro atoms. The molecule has 0 amide bonds. The highest BCUT2D eigenvalue weighted by Crippen LogP contribution is 2.06. The molecule has 0 aliphatic heterocycles. The molecule has 1 rings (SSSR count). The minimum atomic E-state index is -6.00. The summed E-state index contributed by atoms with van der Waals surface area (Å²) in [5, 5.41) is 0. The molecule has 1 heterocycles. The first-order valence-corrected chi connectivity index (χ1v) is 7.96. The second-order valence-electron chi connectivity index (χ2n) is 4.99. The number of hydrogen-bond donors (Lipinski definition) is 0. The van der Waals surface area contributed by atoms with Gasteiger partial charge in [0.05, 0.1) is 12.7 Å². The van der Waals surface area contributed by atoms with Gasteiger partial charge < -0.3 is 17.3 Å². The van der Waals surface area contributed by atoms with Crippen molar-refractivity contribution in [2.24, 2.45) is 0 Å². The van der Waals surface area contributed by atoms with Crippen LogP contribution in [0.3, 0.4) is 0 Å². The van der Waals surface area contributed by atoms with Crippen molar-refractivity contribution in [3.63, 3.8) is 0 Å². The number of hydrogen-bond acceptors (Lipinski definition) is 0. The highest BCUT2D eigenvalue weighted by molar-refractivity contribution is 6.50. The fourth-order valence-corrected chi connectivity index (χ4v) is 2.16. The topological polar surface area (TPSA) is 8.81 Å². The Morgan fingerprint density at radius 1 is 1.09 bits per heavy atom. The Bertz CT molecular complexity index is 422. The van der Waals surface area contributed by atoms with Crippen LogP contribution in [0.15, 0.2) is 18.5 Å². The molecule has 0 N–H and O–H groups in total. The van der Waals surface area contributed by atoms with Gasteiger partial charge in [0.15, 0.2) is 0 Å². The van der Waals surface area contributed by atoms with Crippen molar-refractivity contribution in [1.29, 1.82) is 0 Å². The molecular formula is C15H27BF4N2. The van der Waals surface area contributed by atoms with Crippen molar-refractivity contribution in [2.45, 2.75) is 65.8 Å². The summed E-state index contributed by atoms with van der Waals surface area (Å²) < 4.78 is 43.6. The van der Waals surface area contributed by atoms with E-state index in [1.54, 1.807) is 0 Å². The summed E-state index contributed by atoms with van der Waals surface area (Å²) >= 11 is 0. The average molecular weight is 322 g/mol. The molecule has 2 nitrogen and oxygen atoms in total. The van der Waals surface area contributed by atoms with Crippen LogP contribution in [0, 0.1) is 0 Å². The summed E-state index contributed by atoms with van der Waals surface area (Å²) in [6.07, 6.45) is 16.5. The van der Waals surface area contributed by atoms with Gasteiger partial charge in [-0.05, 0) is 25.8 Å². The Hall–Kier alpha value is -1.27. The lowest BCUT2D eigenvalue weighted by Gasteiger charge is -1.97. The minimum Gasteiger partial charge on any atom is -0.418 e. The van der Waals surface area contributed by atoms with Crippen LogP contribution in [0.2, 0.25) is 0 Å². The second kappa shape index (κ2) is 11.3. The molecule has 1 aromatic rings. The lowest BCUT2D eigenvalue weighted by molar-refractivity contribution is -0.700. The van der Waals surface area contributed by atoms with Crippen molar-refractivity contribution in [1.82, 2.24) is 4.57 Å². The van der Waals surface area contributed by atoms with Gasteiger partial charge in [-0.15, -0.1) is 0 Å². The number of halogens is 4. The quantitative estimate of drug-likeness (QED) is 0.272. The number of imidazole rings is 1. The second-order valence-corrected chi connectivity index (χ2v) is 4.99. The molecule has 0 unspecified atom stereocenters. The first-order chi connectivity index (χ1) is 10.3. The Labute approximate surface area is 130 Å². The van der Waals surface area contributed by atoms with E-state index in [2.05, 4.69) is 54.6 Å². The Morgan fingerprint density at radius 2 is 1.73 bits per heavy atom. The third-order valence-electron chi connectivity index (χ3n) is 3.18. The number of rotatable bonds is 8. The van der Waals surface area contributed by atoms with Crippen LogP contribution in [0.5, 0.6) is 0 Å². The zero-order valence-electron chi connectivity index (χ0n) is 13.7. The number of allylic oxidation sites excluding steroid dienone is 1. The molecule has 0 aliphatic rings. The molecule has 22 heavy (non-hydrogen) atoms. The molecule has 0 saturated heterocycles. The Kier molecular flexibility index (Phi) is 10.7. The standard InChI is InChI=1S/C15H27N2.BF4/c1-4-7-8-9-10-11-12-17-14-13-16(6-3)15(17)5-2;2-1(3,4)5/h11-14H,4-10H2,1-3H3;/q+1;-1. The summed E-state index contributed by atoms with van der Waals surface area (Å²) in [5.74, 6) is 1.39. The van der Waals surface area contributed by atoms with Gasteiger partial charge in [-0.3, -0.25) is 0 Å². The van der Waals surface area contributed by atoms with Gasteiger partial charge in [-0.1, -0.05) is 33.1 Å². The smallest absolute Gasteiger partial charge is 0.418 e. The van der Waals surface area contributed by atoms with Crippen LogP contribution in [0.4, 0.5) is 17.3 Å². The summed E-state index contributed by atoms with van der Waals surface area (Å²) in [6, 6.07) is 0. The lowest BCUT2D eigenvalue weighted by Crippen LogP contribution is -2.35. The van der Waals surface area contributed by atoms with Gasteiger partial charge in [-0.2, -0.15) is 0 Å². The first kappa shape index (κ1) is 20.7. The van der Waals surface area contributed by atoms with Crippen LogP contribution in [-0.4, -0.2) is 11.8 Å². The van der Waals surface area contributed by atoms with Crippen LogP contribution in [0.1, 0.15) is 58.7 Å². The molecule has 0 atom stereocenters.